The number of benzene rings is 2. The number of carbonyl (C=O) groups excluding carboxylic acids is 1. The third-order valence-corrected chi connectivity index (χ3v) is 9.40. The zero-order valence-electron chi connectivity index (χ0n) is 23.8. The van der Waals surface area contributed by atoms with Crippen LogP contribution >= 0.6 is 0 Å². The van der Waals surface area contributed by atoms with Crippen LogP contribution in [0.1, 0.15) is 50.4 Å². The van der Waals surface area contributed by atoms with Crippen LogP contribution in [-0.4, -0.2) is 70.3 Å². The molecule has 216 valence electrons. The van der Waals surface area contributed by atoms with Gasteiger partial charge in [0.25, 0.3) is 0 Å². The van der Waals surface area contributed by atoms with Crippen LogP contribution in [0.25, 0.3) is 10.9 Å². The van der Waals surface area contributed by atoms with E-state index in [1.54, 1.807) is 37.3 Å². The van der Waals surface area contributed by atoms with Crippen LogP contribution in [0.2, 0.25) is 0 Å². The summed E-state index contributed by atoms with van der Waals surface area (Å²) in [4.78, 5) is 21.8. The fourth-order valence-corrected chi connectivity index (χ4v) is 6.56. The minimum absolute atomic E-state index is 0.0537. The van der Waals surface area contributed by atoms with Crippen LogP contribution in [0.4, 0.5) is 5.69 Å². The molecule has 1 aliphatic heterocycles. The van der Waals surface area contributed by atoms with Crippen LogP contribution < -0.4 is 15.4 Å². The summed E-state index contributed by atoms with van der Waals surface area (Å²) in [6, 6.07) is 11.4. The van der Waals surface area contributed by atoms with Gasteiger partial charge in [-0.3, -0.25) is 9.88 Å². The molecular weight excluding hydrogens is 528 g/mol. The van der Waals surface area contributed by atoms with Crippen molar-refractivity contribution in [2.45, 2.75) is 56.0 Å². The van der Waals surface area contributed by atoms with Gasteiger partial charge >= 0.3 is 5.97 Å². The molecule has 0 bridgehead atoms. The Morgan fingerprint density at radius 3 is 2.50 bits per heavy atom. The van der Waals surface area contributed by atoms with Crippen molar-refractivity contribution in [2.24, 2.45) is 11.7 Å². The number of rotatable bonds is 10. The first kappa shape index (κ1) is 29.8. The second-order valence-corrected chi connectivity index (χ2v) is 12.2. The second-order valence-electron chi connectivity index (χ2n) is 10.3. The number of anilines is 1. The molecule has 0 radical (unpaired) electrons. The average Bonchev–Trinajstić information content (AvgIpc) is 3.22. The predicted octanol–water partition coefficient (Wildman–Crippen LogP) is 4.49. The third-order valence-electron chi connectivity index (χ3n) is 7.63. The minimum Gasteiger partial charge on any atom is -0.497 e. The molecule has 40 heavy (non-hydrogen) atoms. The van der Waals surface area contributed by atoms with Gasteiger partial charge in [0.1, 0.15) is 10.6 Å². The van der Waals surface area contributed by atoms with Gasteiger partial charge in [-0.1, -0.05) is 20.3 Å². The van der Waals surface area contributed by atoms with E-state index in [4.69, 9.17) is 15.2 Å². The van der Waals surface area contributed by atoms with E-state index < -0.39 is 15.8 Å². The SMILES string of the molecule is CCOC(=O)c1ccc2ncc(S(=O)(=O)c3ccc(OC)cc3)c(N3CCCN(C(N)CC(C)CC)CC3)c2c1. The average molecular weight is 569 g/mol. The highest BCUT2D eigenvalue weighted by Gasteiger charge is 2.29. The number of methoxy groups -OCH3 is 1. The maximum atomic E-state index is 14.0. The Bertz CT molecular complexity index is 1430. The van der Waals surface area contributed by atoms with Gasteiger partial charge in [-0.25, -0.2) is 13.2 Å². The molecule has 0 spiro atoms. The number of nitrogens with zero attached hydrogens (tertiary/aromatic N) is 3. The molecule has 0 amide bonds. The smallest absolute Gasteiger partial charge is 0.338 e. The largest absolute Gasteiger partial charge is 0.497 e. The summed E-state index contributed by atoms with van der Waals surface area (Å²) in [6.45, 7) is 9.12. The summed E-state index contributed by atoms with van der Waals surface area (Å²) in [7, 11) is -2.42. The molecule has 2 N–H and O–H groups in total. The molecule has 0 saturated carbocycles. The lowest BCUT2D eigenvalue weighted by molar-refractivity contribution is 0.0526. The number of aromatic nitrogens is 1. The fraction of sp³-hybridized carbons (Fsp3) is 0.467. The van der Waals surface area contributed by atoms with Crippen LogP contribution in [-0.2, 0) is 14.6 Å². The Kier molecular flexibility index (Phi) is 9.65. The van der Waals surface area contributed by atoms with Gasteiger partial charge in [0, 0.05) is 37.8 Å². The van der Waals surface area contributed by atoms with Crippen molar-refractivity contribution in [3.63, 3.8) is 0 Å². The Hall–Kier alpha value is -3.21. The molecule has 1 aliphatic rings. The standard InChI is InChI=1S/C30H40N4O5S/c1-5-21(3)18-28(31)33-14-7-15-34(17-16-33)29-25-19-22(30(35)39-6-2)8-13-26(25)32-20-27(29)40(36,37)24-11-9-23(38-4)10-12-24/h8-13,19-21,28H,5-7,14-18,31H2,1-4H3. The molecule has 9 nitrogen and oxygen atoms in total. The summed E-state index contributed by atoms with van der Waals surface area (Å²) in [5.41, 5.74) is 8.09. The molecule has 2 atom stereocenters. The number of fused-ring (bicyclic) bond motifs is 1. The van der Waals surface area contributed by atoms with Crippen molar-refractivity contribution in [1.82, 2.24) is 9.88 Å². The van der Waals surface area contributed by atoms with Crippen LogP contribution in [0, 0.1) is 5.92 Å². The molecule has 2 heterocycles. The van der Waals surface area contributed by atoms with Crippen LogP contribution in [0.5, 0.6) is 5.75 Å². The highest BCUT2D eigenvalue weighted by atomic mass is 32.2. The molecular formula is C30H40N4O5S. The van der Waals surface area contributed by atoms with Crippen molar-refractivity contribution < 1.29 is 22.7 Å². The highest BCUT2D eigenvalue weighted by molar-refractivity contribution is 7.91. The number of ether oxygens (including phenoxy) is 2. The molecule has 2 aromatic carbocycles. The van der Waals surface area contributed by atoms with E-state index in [9.17, 15) is 13.2 Å². The van der Waals surface area contributed by atoms with E-state index in [-0.39, 0.29) is 22.6 Å². The number of esters is 1. The first-order valence-corrected chi connectivity index (χ1v) is 15.4. The van der Waals surface area contributed by atoms with Gasteiger partial charge < -0.3 is 20.1 Å². The molecule has 3 aromatic rings. The van der Waals surface area contributed by atoms with Crippen LogP contribution in [0.3, 0.4) is 0 Å². The summed E-state index contributed by atoms with van der Waals surface area (Å²) in [6.07, 6.45) is 4.18. The van der Waals surface area contributed by atoms with Gasteiger partial charge in [0.05, 0.1) is 41.5 Å². The summed E-state index contributed by atoms with van der Waals surface area (Å²) in [5.74, 6) is 0.633. The van der Waals surface area contributed by atoms with Crippen molar-refractivity contribution in [3.05, 3.63) is 54.2 Å². The Morgan fingerprint density at radius 1 is 1.07 bits per heavy atom. The number of sulfone groups is 1. The number of carbonyl (C=O) groups is 1. The van der Waals surface area contributed by atoms with Gasteiger partial charge in [0.2, 0.25) is 9.84 Å². The van der Waals surface area contributed by atoms with E-state index in [1.165, 1.54) is 25.4 Å². The fourth-order valence-electron chi connectivity index (χ4n) is 5.13. The molecule has 1 fully saturated rings. The lowest BCUT2D eigenvalue weighted by Crippen LogP contribution is -2.45. The Morgan fingerprint density at radius 2 is 1.82 bits per heavy atom. The van der Waals surface area contributed by atoms with Crippen molar-refractivity contribution >= 4 is 32.4 Å². The summed E-state index contributed by atoms with van der Waals surface area (Å²) < 4.78 is 38.5. The Labute approximate surface area is 237 Å². The molecule has 0 aliphatic carbocycles. The van der Waals surface area contributed by atoms with Crippen molar-refractivity contribution in [1.29, 1.82) is 0 Å². The third kappa shape index (κ3) is 6.40. The van der Waals surface area contributed by atoms with E-state index in [2.05, 4.69) is 28.6 Å². The number of hydrogen-bond donors (Lipinski definition) is 1. The topological polar surface area (TPSA) is 115 Å². The van der Waals surface area contributed by atoms with Gasteiger partial charge in [-0.05, 0) is 68.1 Å². The predicted molar refractivity (Wildman–Crippen MR) is 157 cm³/mol. The zero-order chi connectivity index (χ0) is 28.9. The number of hydrogen-bond acceptors (Lipinski definition) is 9. The van der Waals surface area contributed by atoms with E-state index in [0.29, 0.717) is 53.5 Å². The molecule has 10 heteroatoms. The quantitative estimate of drug-likeness (QED) is 0.353. The maximum Gasteiger partial charge on any atom is 0.338 e. The van der Waals surface area contributed by atoms with E-state index in [0.717, 1.165) is 25.8 Å². The minimum atomic E-state index is -3.95. The monoisotopic (exact) mass is 568 g/mol. The number of nitrogens with two attached hydrogens (primary N) is 1. The molecule has 4 rings (SSSR count). The zero-order valence-corrected chi connectivity index (χ0v) is 24.6. The normalized spacial score (nSPS) is 16.4. The Balaban J connectivity index is 1.81. The first-order valence-electron chi connectivity index (χ1n) is 13.9. The number of pyridine rings is 1. The lowest BCUT2D eigenvalue weighted by atomic mass is 10.0. The molecule has 1 saturated heterocycles. The van der Waals surface area contributed by atoms with E-state index >= 15 is 0 Å². The van der Waals surface area contributed by atoms with Gasteiger partial charge in [-0.15, -0.1) is 0 Å². The molecule has 2 unspecified atom stereocenters. The van der Waals surface area contributed by atoms with Crippen molar-refractivity contribution in [2.75, 3.05) is 44.8 Å². The second kappa shape index (κ2) is 13.0. The summed E-state index contributed by atoms with van der Waals surface area (Å²) in [5, 5.41) is 0.595. The maximum absolute atomic E-state index is 14.0. The van der Waals surface area contributed by atoms with Crippen LogP contribution in [0.15, 0.2) is 58.5 Å². The lowest BCUT2D eigenvalue weighted by Gasteiger charge is -2.30. The molecule has 1 aromatic heterocycles. The summed E-state index contributed by atoms with van der Waals surface area (Å²) >= 11 is 0. The first-order chi connectivity index (χ1) is 19.2. The van der Waals surface area contributed by atoms with Gasteiger partial charge in [0.15, 0.2) is 0 Å². The van der Waals surface area contributed by atoms with Gasteiger partial charge in [-0.2, -0.15) is 0 Å². The highest BCUT2D eigenvalue weighted by Crippen LogP contribution is 2.37. The van der Waals surface area contributed by atoms with Crippen molar-refractivity contribution in [3.8, 4) is 5.75 Å². The van der Waals surface area contributed by atoms with E-state index in [1.807, 2.05) is 0 Å².